The summed E-state index contributed by atoms with van der Waals surface area (Å²) < 4.78 is 6.77. The lowest BCUT2D eigenvalue weighted by atomic mass is 10.2. The largest absolute Gasteiger partial charge is 0.493 e. The second kappa shape index (κ2) is 9.13. The average molecular weight is 366 g/mol. The molecule has 0 atom stereocenters. The minimum absolute atomic E-state index is 0.709. The Hall–Kier alpha value is -0.970. The Labute approximate surface area is 139 Å². The molecular formula is C17H20BrNOS. The molecule has 0 fully saturated rings. The standard InChI is InChI=1S/C17H20BrNOS/c1-2-19-13-14-6-8-17(9-7-14)21-11-10-20-16-5-3-4-15(18)12-16/h3-9,12,19H,2,10-11,13H2,1H3. The second-order valence-corrected chi connectivity index (χ2v) is 6.66. The zero-order chi connectivity index (χ0) is 14.9. The highest BCUT2D eigenvalue weighted by atomic mass is 79.9. The van der Waals surface area contributed by atoms with Crippen LogP contribution in [0.3, 0.4) is 0 Å². The zero-order valence-electron chi connectivity index (χ0n) is 12.1. The molecule has 0 aromatic heterocycles. The summed E-state index contributed by atoms with van der Waals surface area (Å²) in [6, 6.07) is 16.7. The van der Waals surface area contributed by atoms with E-state index in [-0.39, 0.29) is 0 Å². The van der Waals surface area contributed by atoms with Gasteiger partial charge in [0, 0.05) is 21.7 Å². The minimum atomic E-state index is 0.709. The number of hydrogen-bond donors (Lipinski definition) is 1. The summed E-state index contributed by atoms with van der Waals surface area (Å²) in [6.45, 7) is 4.77. The van der Waals surface area contributed by atoms with E-state index < -0.39 is 0 Å². The van der Waals surface area contributed by atoms with Crippen LogP contribution >= 0.6 is 27.7 Å². The lowest BCUT2D eigenvalue weighted by Gasteiger charge is -2.07. The van der Waals surface area contributed by atoms with E-state index in [0.717, 1.165) is 29.1 Å². The van der Waals surface area contributed by atoms with Crippen molar-refractivity contribution in [3.8, 4) is 5.75 Å². The van der Waals surface area contributed by atoms with Crippen molar-refractivity contribution in [2.24, 2.45) is 0 Å². The number of thioether (sulfide) groups is 1. The summed E-state index contributed by atoms with van der Waals surface area (Å²) in [6.07, 6.45) is 0. The molecule has 0 amide bonds. The van der Waals surface area contributed by atoms with Crippen LogP contribution in [0.4, 0.5) is 0 Å². The Morgan fingerprint density at radius 2 is 1.95 bits per heavy atom. The summed E-state index contributed by atoms with van der Waals surface area (Å²) in [5.41, 5.74) is 1.33. The summed E-state index contributed by atoms with van der Waals surface area (Å²) >= 11 is 5.26. The highest BCUT2D eigenvalue weighted by molar-refractivity contribution is 9.10. The molecule has 0 heterocycles. The van der Waals surface area contributed by atoms with E-state index in [2.05, 4.69) is 52.4 Å². The van der Waals surface area contributed by atoms with Gasteiger partial charge >= 0.3 is 0 Å². The van der Waals surface area contributed by atoms with Crippen LogP contribution in [0.15, 0.2) is 57.9 Å². The Kier molecular flexibility index (Phi) is 7.13. The zero-order valence-corrected chi connectivity index (χ0v) is 14.5. The van der Waals surface area contributed by atoms with Gasteiger partial charge < -0.3 is 10.1 Å². The number of nitrogens with one attached hydrogen (secondary N) is 1. The molecule has 2 aromatic carbocycles. The fourth-order valence-electron chi connectivity index (χ4n) is 1.85. The molecule has 0 saturated heterocycles. The predicted molar refractivity (Wildman–Crippen MR) is 94.2 cm³/mol. The number of hydrogen-bond acceptors (Lipinski definition) is 3. The molecule has 1 N–H and O–H groups in total. The van der Waals surface area contributed by atoms with E-state index in [9.17, 15) is 0 Å². The summed E-state index contributed by atoms with van der Waals surface area (Å²) in [5, 5.41) is 3.33. The number of benzene rings is 2. The van der Waals surface area contributed by atoms with Crippen molar-refractivity contribution in [2.45, 2.75) is 18.4 Å². The Balaban J connectivity index is 1.71. The Morgan fingerprint density at radius 1 is 1.14 bits per heavy atom. The normalized spacial score (nSPS) is 10.6. The van der Waals surface area contributed by atoms with Crippen LogP contribution in [0.25, 0.3) is 0 Å². The third-order valence-electron chi connectivity index (χ3n) is 2.92. The molecule has 0 aliphatic rings. The van der Waals surface area contributed by atoms with Gasteiger partial charge in [-0.25, -0.2) is 0 Å². The van der Waals surface area contributed by atoms with E-state index in [1.165, 1.54) is 10.5 Å². The van der Waals surface area contributed by atoms with Gasteiger partial charge in [0.2, 0.25) is 0 Å². The predicted octanol–water partition coefficient (Wildman–Crippen LogP) is 4.73. The van der Waals surface area contributed by atoms with Crippen LogP contribution in [0, 0.1) is 0 Å². The molecule has 2 nitrogen and oxygen atoms in total. The lowest BCUT2D eigenvalue weighted by Crippen LogP contribution is -2.11. The van der Waals surface area contributed by atoms with Crippen molar-refractivity contribution < 1.29 is 4.74 Å². The molecule has 0 radical (unpaired) electrons. The Bertz CT molecular complexity index is 545. The fourth-order valence-corrected chi connectivity index (χ4v) is 2.96. The molecular weight excluding hydrogens is 346 g/mol. The van der Waals surface area contributed by atoms with E-state index in [4.69, 9.17) is 4.74 Å². The quantitative estimate of drug-likeness (QED) is 0.539. The van der Waals surface area contributed by atoms with Gasteiger partial charge in [-0.15, -0.1) is 11.8 Å². The van der Waals surface area contributed by atoms with Crippen molar-refractivity contribution in [1.82, 2.24) is 5.32 Å². The number of halogens is 1. The molecule has 2 rings (SSSR count). The first-order valence-electron chi connectivity index (χ1n) is 7.09. The van der Waals surface area contributed by atoms with E-state index in [1.807, 2.05) is 36.0 Å². The van der Waals surface area contributed by atoms with Gasteiger partial charge in [0.1, 0.15) is 5.75 Å². The third kappa shape index (κ3) is 6.12. The molecule has 2 aromatic rings. The van der Waals surface area contributed by atoms with E-state index in [1.54, 1.807) is 0 Å². The van der Waals surface area contributed by atoms with Crippen molar-refractivity contribution >= 4 is 27.7 Å². The van der Waals surface area contributed by atoms with Crippen LogP contribution in [0.2, 0.25) is 0 Å². The van der Waals surface area contributed by atoms with Gasteiger partial charge in [0.15, 0.2) is 0 Å². The van der Waals surface area contributed by atoms with Crippen LogP contribution in [-0.2, 0) is 6.54 Å². The molecule has 0 aliphatic carbocycles. The van der Waals surface area contributed by atoms with E-state index >= 15 is 0 Å². The van der Waals surface area contributed by atoms with Crippen LogP contribution < -0.4 is 10.1 Å². The van der Waals surface area contributed by atoms with Crippen LogP contribution in [0.1, 0.15) is 12.5 Å². The first-order valence-corrected chi connectivity index (χ1v) is 8.86. The van der Waals surface area contributed by atoms with Gasteiger partial charge in [-0.1, -0.05) is 41.1 Å². The van der Waals surface area contributed by atoms with Crippen molar-refractivity contribution in [3.63, 3.8) is 0 Å². The topological polar surface area (TPSA) is 21.3 Å². The first kappa shape index (κ1) is 16.4. The number of rotatable bonds is 8. The summed E-state index contributed by atoms with van der Waals surface area (Å²) in [5.74, 6) is 1.85. The smallest absolute Gasteiger partial charge is 0.120 e. The molecule has 112 valence electrons. The van der Waals surface area contributed by atoms with Crippen molar-refractivity contribution in [2.75, 3.05) is 18.9 Å². The van der Waals surface area contributed by atoms with Crippen LogP contribution in [0.5, 0.6) is 5.75 Å². The monoisotopic (exact) mass is 365 g/mol. The van der Waals surface area contributed by atoms with Gasteiger partial charge in [-0.2, -0.15) is 0 Å². The highest BCUT2D eigenvalue weighted by Gasteiger charge is 1.98. The van der Waals surface area contributed by atoms with Crippen molar-refractivity contribution in [3.05, 3.63) is 58.6 Å². The van der Waals surface area contributed by atoms with Crippen LogP contribution in [-0.4, -0.2) is 18.9 Å². The second-order valence-electron chi connectivity index (χ2n) is 4.58. The van der Waals surface area contributed by atoms with Gasteiger partial charge in [0.25, 0.3) is 0 Å². The van der Waals surface area contributed by atoms with Gasteiger partial charge in [0.05, 0.1) is 6.61 Å². The SMILES string of the molecule is CCNCc1ccc(SCCOc2cccc(Br)c2)cc1. The molecule has 21 heavy (non-hydrogen) atoms. The summed E-state index contributed by atoms with van der Waals surface area (Å²) in [4.78, 5) is 1.29. The summed E-state index contributed by atoms with van der Waals surface area (Å²) in [7, 11) is 0. The molecule has 0 spiro atoms. The lowest BCUT2D eigenvalue weighted by molar-refractivity contribution is 0.344. The third-order valence-corrected chi connectivity index (χ3v) is 4.39. The van der Waals surface area contributed by atoms with Crippen molar-refractivity contribution in [1.29, 1.82) is 0 Å². The van der Waals surface area contributed by atoms with Gasteiger partial charge in [-0.3, -0.25) is 0 Å². The maximum atomic E-state index is 5.72. The molecule has 0 aliphatic heterocycles. The molecule has 0 saturated carbocycles. The Morgan fingerprint density at radius 3 is 2.67 bits per heavy atom. The molecule has 4 heteroatoms. The number of ether oxygens (including phenoxy) is 1. The molecule has 0 unspecified atom stereocenters. The maximum absolute atomic E-state index is 5.72. The highest BCUT2D eigenvalue weighted by Crippen LogP contribution is 2.20. The fraction of sp³-hybridized carbons (Fsp3) is 0.294. The van der Waals surface area contributed by atoms with Gasteiger partial charge in [-0.05, 0) is 42.4 Å². The molecule has 0 bridgehead atoms. The van der Waals surface area contributed by atoms with E-state index in [0.29, 0.717) is 6.61 Å². The average Bonchev–Trinajstić information content (AvgIpc) is 2.51. The maximum Gasteiger partial charge on any atom is 0.120 e. The first-order chi connectivity index (χ1) is 10.3. The minimum Gasteiger partial charge on any atom is -0.493 e.